The Morgan fingerprint density at radius 1 is 0.708 bits per heavy atom. The first-order valence-electron chi connectivity index (χ1n) is 8.85. The first kappa shape index (κ1) is 14.0. The van der Waals surface area contributed by atoms with Gasteiger partial charge in [0.25, 0.3) is 0 Å². The molecule has 3 aromatic carbocycles. The second kappa shape index (κ2) is 5.32. The van der Waals surface area contributed by atoms with Crippen molar-refractivity contribution >= 4 is 0 Å². The van der Waals surface area contributed by atoms with Gasteiger partial charge in [-0.15, -0.1) is 0 Å². The second-order valence-corrected chi connectivity index (χ2v) is 7.08. The molecule has 1 unspecified atom stereocenters. The van der Waals surface area contributed by atoms with E-state index in [2.05, 4.69) is 78.1 Å². The van der Waals surface area contributed by atoms with Crippen molar-refractivity contribution in [2.24, 2.45) is 0 Å². The van der Waals surface area contributed by atoms with Gasteiger partial charge in [-0.2, -0.15) is 0 Å². The molecular formula is C23H21N. The van der Waals surface area contributed by atoms with Crippen LogP contribution in [-0.4, -0.2) is 13.1 Å². The van der Waals surface area contributed by atoms with Crippen LogP contribution in [0.25, 0.3) is 11.1 Å². The largest absolute Gasteiger partial charge is 0.315 e. The molecule has 24 heavy (non-hydrogen) atoms. The maximum Gasteiger partial charge on any atom is 0.0345 e. The summed E-state index contributed by atoms with van der Waals surface area (Å²) in [6.45, 7) is 2.16. The summed E-state index contributed by atoms with van der Waals surface area (Å²) in [6.07, 6.45) is 2.25. The summed E-state index contributed by atoms with van der Waals surface area (Å²) in [5.41, 5.74) is 8.87. The van der Waals surface area contributed by atoms with E-state index in [0.717, 1.165) is 19.5 Å². The van der Waals surface area contributed by atoms with E-state index in [1.54, 1.807) is 0 Å². The zero-order chi connectivity index (χ0) is 16.0. The highest BCUT2D eigenvalue weighted by Crippen LogP contribution is 2.46. The van der Waals surface area contributed by atoms with Crippen molar-refractivity contribution in [1.29, 1.82) is 0 Å². The number of hydrogen-bond donors (Lipinski definition) is 1. The maximum atomic E-state index is 3.61. The Morgan fingerprint density at radius 2 is 1.50 bits per heavy atom. The third kappa shape index (κ3) is 1.98. The van der Waals surface area contributed by atoms with E-state index in [4.69, 9.17) is 0 Å². The van der Waals surface area contributed by atoms with Crippen molar-refractivity contribution in [2.75, 3.05) is 13.1 Å². The molecule has 1 spiro atoms. The lowest BCUT2D eigenvalue weighted by molar-refractivity contribution is 0.548. The summed E-state index contributed by atoms with van der Waals surface area (Å²) in [5, 5.41) is 3.61. The molecule has 1 atom stereocenters. The lowest BCUT2D eigenvalue weighted by Crippen LogP contribution is -2.35. The standard InChI is InChI=1S/C23H21N/c1-2-6-17(7-3-1)18-10-11-22-20(14-18)15-19-8-4-5-9-21(19)23(22)12-13-24-16-23/h1-11,14,24H,12-13,15-16H2. The Hall–Kier alpha value is -2.38. The Labute approximate surface area is 143 Å². The summed E-state index contributed by atoms with van der Waals surface area (Å²) in [5.74, 6) is 0. The van der Waals surface area contributed by atoms with Crippen molar-refractivity contribution in [3.05, 3.63) is 95.1 Å². The normalized spacial score (nSPS) is 21.5. The molecule has 0 bridgehead atoms. The molecule has 1 N–H and O–H groups in total. The van der Waals surface area contributed by atoms with Crippen LogP contribution in [0.15, 0.2) is 72.8 Å². The van der Waals surface area contributed by atoms with Crippen molar-refractivity contribution in [3.8, 4) is 11.1 Å². The van der Waals surface area contributed by atoms with Crippen LogP contribution in [0.5, 0.6) is 0 Å². The highest BCUT2D eigenvalue weighted by atomic mass is 14.9. The first-order valence-corrected chi connectivity index (χ1v) is 8.85. The molecule has 1 heteroatoms. The van der Waals surface area contributed by atoms with Gasteiger partial charge in [0, 0.05) is 12.0 Å². The summed E-state index contributed by atoms with van der Waals surface area (Å²) in [7, 11) is 0. The van der Waals surface area contributed by atoms with Crippen molar-refractivity contribution in [3.63, 3.8) is 0 Å². The minimum absolute atomic E-state index is 0.166. The van der Waals surface area contributed by atoms with Gasteiger partial charge in [0.15, 0.2) is 0 Å². The van der Waals surface area contributed by atoms with Crippen LogP contribution in [0.2, 0.25) is 0 Å². The van der Waals surface area contributed by atoms with E-state index in [9.17, 15) is 0 Å². The highest BCUT2D eigenvalue weighted by Gasteiger charge is 2.42. The van der Waals surface area contributed by atoms with Crippen LogP contribution in [-0.2, 0) is 11.8 Å². The fraction of sp³-hybridized carbons (Fsp3) is 0.217. The van der Waals surface area contributed by atoms with E-state index in [0.29, 0.717) is 0 Å². The monoisotopic (exact) mass is 311 g/mol. The molecule has 1 saturated heterocycles. The van der Waals surface area contributed by atoms with Gasteiger partial charge in [0.05, 0.1) is 0 Å². The van der Waals surface area contributed by atoms with E-state index in [1.165, 1.54) is 39.8 Å². The molecule has 1 aliphatic heterocycles. The number of hydrogen-bond acceptors (Lipinski definition) is 1. The Kier molecular flexibility index (Phi) is 3.11. The summed E-state index contributed by atoms with van der Waals surface area (Å²) in [6, 6.07) is 26.9. The molecule has 0 amide bonds. The third-order valence-electron chi connectivity index (χ3n) is 5.80. The molecule has 1 fully saturated rings. The van der Waals surface area contributed by atoms with Crippen LogP contribution < -0.4 is 5.32 Å². The minimum Gasteiger partial charge on any atom is -0.315 e. The van der Waals surface area contributed by atoms with Crippen LogP contribution >= 0.6 is 0 Å². The molecule has 1 aliphatic carbocycles. The topological polar surface area (TPSA) is 12.0 Å². The van der Waals surface area contributed by atoms with E-state index in [-0.39, 0.29) is 5.41 Å². The van der Waals surface area contributed by atoms with Crippen LogP contribution in [0.3, 0.4) is 0 Å². The van der Waals surface area contributed by atoms with Gasteiger partial charge in [-0.25, -0.2) is 0 Å². The fourth-order valence-corrected chi connectivity index (χ4v) is 4.66. The number of fused-ring (bicyclic) bond motifs is 4. The van der Waals surface area contributed by atoms with Crippen molar-refractivity contribution < 1.29 is 0 Å². The lowest BCUT2D eigenvalue weighted by Gasteiger charge is -2.38. The van der Waals surface area contributed by atoms with Crippen LogP contribution in [0, 0.1) is 0 Å². The zero-order valence-corrected chi connectivity index (χ0v) is 13.8. The molecule has 0 saturated carbocycles. The van der Waals surface area contributed by atoms with Gasteiger partial charge < -0.3 is 5.32 Å². The summed E-state index contributed by atoms with van der Waals surface area (Å²) in [4.78, 5) is 0. The van der Waals surface area contributed by atoms with Gasteiger partial charge in [0.2, 0.25) is 0 Å². The average Bonchev–Trinajstić information content (AvgIpc) is 3.13. The Bertz CT molecular complexity index is 889. The van der Waals surface area contributed by atoms with E-state index < -0.39 is 0 Å². The summed E-state index contributed by atoms with van der Waals surface area (Å²) < 4.78 is 0. The number of rotatable bonds is 1. The van der Waals surface area contributed by atoms with E-state index >= 15 is 0 Å². The molecule has 5 rings (SSSR count). The maximum absolute atomic E-state index is 3.61. The average molecular weight is 311 g/mol. The van der Waals surface area contributed by atoms with Crippen LogP contribution in [0.4, 0.5) is 0 Å². The second-order valence-electron chi connectivity index (χ2n) is 7.08. The predicted molar refractivity (Wildman–Crippen MR) is 99.4 cm³/mol. The molecule has 0 radical (unpaired) electrons. The zero-order valence-electron chi connectivity index (χ0n) is 13.8. The molecule has 1 nitrogen and oxygen atoms in total. The number of nitrogens with one attached hydrogen (secondary N) is 1. The van der Waals surface area contributed by atoms with Gasteiger partial charge in [-0.3, -0.25) is 0 Å². The lowest BCUT2D eigenvalue weighted by atomic mass is 9.66. The molecule has 118 valence electrons. The molecule has 0 aromatic heterocycles. The minimum atomic E-state index is 0.166. The summed E-state index contributed by atoms with van der Waals surface area (Å²) >= 11 is 0. The van der Waals surface area contributed by atoms with E-state index in [1.807, 2.05) is 0 Å². The molecule has 3 aromatic rings. The number of benzene rings is 3. The third-order valence-corrected chi connectivity index (χ3v) is 5.80. The Morgan fingerprint density at radius 3 is 2.33 bits per heavy atom. The molecular weight excluding hydrogens is 290 g/mol. The van der Waals surface area contributed by atoms with Gasteiger partial charge in [-0.05, 0) is 52.8 Å². The smallest absolute Gasteiger partial charge is 0.0345 e. The quantitative estimate of drug-likeness (QED) is 0.696. The molecule has 2 aliphatic rings. The predicted octanol–water partition coefficient (Wildman–Crippen LogP) is 4.54. The fourth-order valence-electron chi connectivity index (χ4n) is 4.66. The van der Waals surface area contributed by atoms with Crippen molar-refractivity contribution in [1.82, 2.24) is 5.32 Å². The van der Waals surface area contributed by atoms with Gasteiger partial charge in [-0.1, -0.05) is 72.8 Å². The highest BCUT2D eigenvalue weighted by molar-refractivity contribution is 5.67. The SMILES string of the molecule is c1ccc(-c2ccc3c(c2)Cc2ccccc2C32CCNC2)cc1. The molecule has 1 heterocycles. The first-order chi connectivity index (χ1) is 11.9. The Balaban J connectivity index is 1.69. The van der Waals surface area contributed by atoms with Gasteiger partial charge >= 0.3 is 0 Å². The van der Waals surface area contributed by atoms with Crippen LogP contribution in [0.1, 0.15) is 28.7 Å². The van der Waals surface area contributed by atoms with Crippen molar-refractivity contribution in [2.45, 2.75) is 18.3 Å². The van der Waals surface area contributed by atoms with Gasteiger partial charge in [0.1, 0.15) is 0 Å².